The molecule has 2 nitrogen and oxygen atoms in total. The molecule has 1 rings (SSSR count). The molecule has 1 aromatic rings. The maximum absolute atomic E-state index is 10.4. The molecule has 0 aromatic heterocycles. The number of halogens is 2. The first kappa shape index (κ1) is 11.5. The minimum absolute atomic E-state index is 0.840. The Bertz CT molecular complexity index is 397. The number of hydrogen-bond donors (Lipinski definition) is 1. The van der Waals surface area contributed by atoms with Crippen LogP contribution in [0.15, 0.2) is 27.2 Å². The highest BCUT2D eigenvalue weighted by atomic mass is 79.9. The van der Waals surface area contributed by atoms with E-state index in [0.717, 1.165) is 26.1 Å². The highest BCUT2D eigenvalue weighted by Gasteiger charge is 2.04. The van der Waals surface area contributed by atoms with Gasteiger partial charge in [-0.05, 0) is 40.6 Å². The lowest BCUT2D eigenvalue weighted by atomic mass is 10.1. The number of carboxylic acid groups (broad SMARTS) is 1. The van der Waals surface area contributed by atoms with Gasteiger partial charge in [0.1, 0.15) is 0 Å². The van der Waals surface area contributed by atoms with Gasteiger partial charge < -0.3 is 5.11 Å². The Hall–Kier alpha value is -0.610. The van der Waals surface area contributed by atoms with E-state index >= 15 is 0 Å². The molecule has 0 atom stereocenters. The fraction of sp³-hybridized carbons (Fsp3) is 0.100. The van der Waals surface area contributed by atoms with E-state index in [1.807, 2.05) is 19.1 Å². The van der Waals surface area contributed by atoms with Crippen LogP contribution in [0.2, 0.25) is 0 Å². The summed E-state index contributed by atoms with van der Waals surface area (Å²) in [4.78, 5) is 10.4. The molecule has 0 heterocycles. The van der Waals surface area contributed by atoms with Crippen molar-refractivity contribution in [3.8, 4) is 0 Å². The number of rotatable bonds is 2. The fourth-order valence-electron chi connectivity index (χ4n) is 0.986. The van der Waals surface area contributed by atoms with Crippen molar-refractivity contribution in [2.24, 2.45) is 0 Å². The van der Waals surface area contributed by atoms with Crippen LogP contribution in [0.1, 0.15) is 11.1 Å². The minimum Gasteiger partial charge on any atom is -0.478 e. The zero-order chi connectivity index (χ0) is 10.7. The standard InChI is InChI=1S/C10H8Br2O2/c1-6-2-4-8(11)7(10(6)12)3-5-9(13)14/h2-5H,1H3,(H,13,14)/b5-3+. The van der Waals surface area contributed by atoms with Crippen molar-refractivity contribution >= 4 is 43.9 Å². The fourth-order valence-corrected chi connectivity index (χ4v) is 2.19. The molecule has 0 radical (unpaired) electrons. The molecule has 0 saturated heterocycles. The summed E-state index contributed by atoms with van der Waals surface area (Å²) in [6.45, 7) is 1.95. The van der Waals surface area contributed by atoms with E-state index in [9.17, 15) is 4.79 Å². The van der Waals surface area contributed by atoms with Gasteiger partial charge in [0, 0.05) is 20.6 Å². The van der Waals surface area contributed by atoms with E-state index in [1.165, 1.54) is 0 Å². The van der Waals surface area contributed by atoms with Crippen molar-refractivity contribution in [1.29, 1.82) is 0 Å². The van der Waals surface area contributed by atoms with Gasteiger partial charge in [-0.25, -0.2) is 4.79 Å². The molecule has 0 unspecified atom stereocenters. The molecule has 4 heteroatoms. The van der Waals surface area contributed by atoms with Crippen LogP contribution in [0.5, 0.6) is 0 Å². The topological polar surface area (TPSA) is 37.3 Å². The summed E-state index contributed by atoms with van der Waals surface area (Å²) in [5.41, 5.74) is 1.91. The van der Waals surface area contributed by atoms with Crippen molar-refractivity contribution in [1.82, 2.24) is 0 Å². The summed E-state index contributed by atoms with van der Waals surface area (Å²) in [5, 5.41) is 8.51. The largest absolute Gasteiger partial charge is 0.478 e. The second kappa shape index (κ2) is 4.75. The predicted molar refractivity (Wildman–Crippen MR) is 63.2 cm³/mol. The lowest BCUT2D eigenvalue weighted by Crippen LogP contribution is -1.88. The van der Waals surface area contributed by atoms with Gasteiger partial charge in [-0.15, -0.1) is 0 Å². The summed E-state index contributed by atoms with van der Waals surface area (Å²) in [5.74, 6) is -0.953. The zero-order valence-electron chi connectivity index (χ0n) is 7.42. The summed E-state index contributed by atoms with van der Waals surface area (Å²) in [6, 6.07) is 3.84. The third-order valence-corrected chi connectivity index (χ3v) is 3.46. The lowest BCUT2D eigenvalue weighted by molar-refractivity contribution is -0.131. The smallest absolute Gasteiger partial charge is 0.328 e. The van der Waals surface area contributed by atoms with Crippen LogP contribution in [-0.4, -0.2) is 11.1 Å². The molecule has 0 amide bonds. The van der Waals surface area contributed by atoms with Crippen LogP contribution in [-0.2, 0) is 4.79 Å². The van der Waals surface area contributed by atoms with Crippen LogP contribution < -0.4 is 0 Å². The van der Waals surface area contributed by atoms with Crippen molar-refractivity contribution < 1.29 is 9.90 Å². The Labute approximate surface area is 98.9 Å². The van der Waals surface area contributed by atoms with E-state index in [0.29, 0.717) is 0 Å². The van der Waals surface area contributed by atoms with Gasteiger partial charge in [0.2, 0.25) is 0 Å². The van der Waals surface area contributed by atoms with Crippen molar-refractivity contribution in [3.63, 3.8) is 0 Å². The Morgan fingerprint density at radius 3 is 2.64 bits per heavy atom. The average molecular weight is 320 g/mol. The molecule has 0 fully saturated rings. The summed E-state index contributed by atoms with van der Waals surface area (Å²) in [7, 11) is 0. The molecule has 0 bridgehead atoms. The number of hydrogen-bond acceptors (Lipinski definition) is 1. The highest BCUT2D eigenvalue weighted by Crippen LogP contribution is 2.29. The molecule has 0 aliphatic rings. The van der Waals surface area contributed by atoms with Gasteiger partial charge >= 0.3 is 5.97 Å². The van der Waals surface area contributed by atoms with Crippen LogP contribution in [0.4, 0.5) is 0 Å². The Morgan fingerprint density at radius 1 is 1.43 bits per heavy atom. The lowest BCUT2D eigenvalue weighted by Gasteiger charge is -2.04. The second-order valence-electron chi connectivity index (χ2n) is 2.76. The SMILES string of the molecule is Cc1ccc(Br)c(/C=C/C(=O)O)c1Br. The summed E-state index contributed by atoms with van der Waals surface area (Å²) < 4.78 is 1.77. The van der Waals surface area contributed by atoms with Gasteiger partial charge in [0.25, 0.3) is 0 Å². The van der Waals surface area contributed by atoms with Crippen molar-refractivity contribution in [2.75, 3.05) is 0 Å². The third-order valence-electron chi connectivity index (χ3n) is 1.71. The van der Waals surface area contributed by atoms with Crippen molar-refractivity contribution in [2.45, 2.75) is 6.92 Å². The van der Waals surface area contributed by atoms with Crippen LogP contribution >= 0.6 is 31.9 Å². The number of carboxylic acids is 1. The highest BCUT2D eigenvalue weighted by molar-refractivity contribution is 9.11. The number of carbonyl (C=O) groups is 1. The van der Waals surface area contributed by atoms with E-state index in [-0.39, 0.29) is 0 Å². The first-order valence-electron chi connectivity index (χ1n) is 3.88. The molecular formula is C10H8Br2O2. The number of aryl methyl sites for hydroxylation is 1. The van der Waals surface area contributed by atoms with Crippen LogP contribution in [0, 0.1) is 6.92 Å². The average Bonchev–Trinajstić information content (AvgIpc) is 2.11. The zero-order valence-corrected chi connectivity index (χ0v) is 10.6. The third kappa shape index (κ3) is 2.69. The van der Waals surface area contributed by atoms with Crippen LogP contribution in [0.3, 0.4) is 0 Å². The van der Waals surface area contributed by atoms with E-state index in [2.05, 4.69) is 31.9 Å². The van der Waals surface area contributed by atoms with Crippen LogP contribution in [0.25, 0.3) is 6.08 Å². The first-order valence-corrected chi connectivity index (χ1v) is 5.46. The van der Waals surface area contributed by atoms with Gasteiger partial charge in [-0.2, -0.15) is 0 Å². The van der Waals surface area contributed by atoms with Gasteiger partial charge in [0.15, 0.2) is 0 Å². The Kier molecular flexibility index (Phi) is 3.89. The second-order valence-corrected chi connectivity index (χ2v) is 4.41. The molecule has 0 aliphatic carbocycles. The van der Waals surface area contributed by atoms with E-state index in [4.69, 9.17) is 5.11 Å². The maximum Gasteiger partial charge on any atom is 0.328 e. The molecule has 1 aromatic carbocycles. The minimum atomic E-state index is -0.953. The quantitative estimate of drug-likeness (QED) is 0.845. The normalized spacial score (nSPS) is 10.8. The molecule has 0 saturated carbocycles. The molecule has 0 spiro atoms. The molecule has 14 heavy (non-hydrogen) atoms. The summed E-state index contributed by atoms with van der Waals surface area (Å²) in [6.07, 6.45) is 2.67. The molecule has 0 aliphatic heterocycles. The number of benzene rings is 1. The Balaban J connectivity index is 3.19. The van der Waals surface area contributed by atoms with Crippen molar-refractivity contribution in [3.05, 3.63) is 38.3 Å². The van der Waals surface area contributed by atoms with Gasteiger partial charge in [-0.3, -0.25) is 0 Å². The monoisotopic (exact) mass is 318 g/mol. The summed E-state index contributed by atoms with van der Waals surface area (Å²) >= 11 is 6.76. The van der Waals surface area contributed by atoms with Gasteiger partial charge in [0.05, 0.1) is 0 Å². The molecule has 74 valence electrons. The van der Waals surface area contributed by atoms with Gasteiger partial charge in [-0.1, -0.05) is 22.0 Å². The maximum atomic E-state index is 10.4. The first-order chi connectivity index (χ1) is 6.52. The predicted octanol–water partition coefficient (Wildman–Crippen LogP) is 3.62. The molecule has 1 N–H and O–H groups in total. The Morgan fingerprint density at radius 2 is 2.07 bits per heavy atom. The van der Waals surface area contributed by atoms with E-state index in [1.54, 1.807) is 6.08 Å². The number of aliphatic carboxylic acids is 1. The van der Waals surface area contributed by atoms with E-state index < -0.39 is 5.97 Å². The molecular weight excluding hydrogens is 312 g/mol.